The van der Waals surface area contributed by atoms with Crippen molar-refractivity contribution in [2.75, 3.05) is 25.0 Å². The Morgan fingerprint density at radius 2 is 1.97 bits per heavy atom. The van der Waals surface area contributed by atoms with Gasteiger partial charge in [-0.05, 0) is 90.7 Å². The van der Waals surface area contributed by atoms with Crippen molar-refractivity contribution in [2.24, 2.45) is 13.0 Å². The van der Waals surface area contributed by atoms with Gasteiger partial charge in [0.15, 0.2) is 0 Å². The highest BCUT2D eigenvalue weighted by molar-refractivity contribution is 5.86. The van der Waals surface area contributed by atoms with Gasteiger partial charge in [0.25, 0.3) is 6.47 Å². The normalized spacial score (nSPS) is 14.1. The van der Waals surface area contributed by atoms with Crippen LogP contribution in [-0.4, -0.2) is 53.7 Å². The van der Waals surface area contributed by atoms with Crippen LogP contribution in [0.15, 0.2) is 30.5 Å². The van der Waals surface area contributed by atoms with Crippen LogP contribution in [-0.2, 0) is 21.3 Å². The first-order valence-electron chi connectivity index (χ1n) is 11.6. The molecule has 0 unspecified atom stereocenters. The van der Waals surface area contributed by atoms with Crippen molar-refractivity contribution < 1.29 is 23.8 Å². The molecule has 9 nitrogen and oxygen atoms in total. The van der Waals surface area contributed by atoms with E-state index in [9.17, 15) is 9.59 Å². The van der Waals surface area contributed by atoms with Gasteiger partial charge >= 0.3 is 6.09 Å². The second-order valence-corrected chi connectivity index (χ2v) is 9.46. The lowest BCUT2D eigenvalue weighted by Crippen LogP contribution is -2.30. The molecule has 1 aliphatic rings. The molecule has 0 spiro atoms. The number of nitrogens with one attached hydrogen (secondary N) is 2. The lowest BCUT2D eigenvalue weighted by Gasteiger charge is -2.23. The molecule has 2 N–H and O–H groups in total. The number of hydrogen-bond donors (Lipinski definition) is 2. The average molecular weight is 475 g/mol. The summed E-state index contributed by atoms with van der Waals surface area (Å²) in [7, 11) is 1.89. The summed E-state index contributed by atoms with van der Waals surface area (Å²) in [6.45, 7) is 12.3. The summed E-state index contributed by atoms with van der Waals surface area (Å²) in [5.74, 6) is 1.35. The number of aryl methyl sites for hydroxylation is 1. The highest BCUT2D eigenvalue weighted by Crippen LogP contribution is 2.33. The monoisotopic (exact) mass is 474 g/mol. The van der Waals surface area contributed by atoms with Gasteiger partial charge in [0.2, 0.25) is 0 Å². The Morgan fingerprint density at radius 1 is 1.26 bits per heavy atom. The predicted octanol–water partition coefficient (Wildman–Crippen LogP) is 4.38. The first kappa shape index (κ1) is 27.2. The van der Waals surface area contributed by atoms with Crippen molar-refractivity contribution >= 4 is 18.3 Å². The summed E-state index contributed by atoms with van der Waals surface area (Å²) in [6, 6.07) is 7.56. The average Bonchev–Trinajstić information content (AvgIpc) is 3.18. The second-order valence-electron chi connectivity index (χ2n) is 9.46. The molecule has 0 radical (unpaired) electrons. The quantitative estimate of drug-likeness (QED) is 0.574. The number of carbonyl (C=O) groups excluding carboxylic acids is 2. The van der Waals surface area contributed by atoms with Crippen molar-refractivity contribution in [1.29, 1.82) is 0 Å². The molecule has 3 rings (SSSR count). The van der Waals surface area contributed by atoms with Crippen molar-refractivity contribution in [3.8, 4) is 17.0 Å². The van der Waals surface area contributed by atoms with E-state index in [0.29, 0.717) is 24.7 Å². The third-order valence-electron chi connectivity index (χ3n) is 5.00. The number of benzene rings is 1. The fourth-order valence-electron chi connectivity index (χ4n) is 3.33. The molecule has 2 heterocycles. The van der Waals surface area contributed by atoms with E-state index >= 15 is 0 Å². The number of piperidine rings is 1. The van der Waals surface area contributed by atoms with E-state index in [1.807, 2.05) is 65.9 Å². The number of amides is 1. The summed E-state index contributed by atoms with van der Waals surface area (Å²) >= 11 is 0. The fourth-order valence-corrected chi connectivity index (χ4v) is 3.33. The van der Waals surface area contributed by atoms with Crippen LogP contribution in [0.4, 0.5) is 10.5 Å². The van der Waals surface area contributed by atoms with Crippen molar-refractivity contribution in [3.63, 3.8) is 0 Å². The molecule has 1 aromatic carbocycles. The SMILES string of the molecule is CC(C)(C)OC=O.CC(C)OC(=O)Nc1ccc(OCC2CCNCC2)c(-c2ccnn2C)c1. The van der Waals surface area contributed by atoms with Crippen LogP contribution in [0.1, 0.15) is 47.5 Å². The molecule has 1 amide bonds. The number of aromatic nitrogens is 2. The number of ether oxygens (including phenoxy) is 3. The van der Waals surface area contributed by atoms with E-state index < -0.39 is 6.09 Å². The molecule has 1 saturated heterocycles. The third-order valence-corrected chi connectivity index (χ3v) is 5.00. The number of anilines is 1. The standard InChI is InChI=1S/C20H28N4O3.C5H10O2/c1-14(2)27-20(25)23-16-4-5-19(26-13-15-6-9-21-10-7-15)17(12-16)18-8-11-22-24(18)3;1-5(2,3)7-4-6/h4-5,8,11-12,14-15,21H,6-7,9-10,13H2,1-3H3,(H,23,25);4H,1-3H3. The molecule has 1 fully saturated rings. The molecule has 2 aromatic rings. The maximum Gasteiger partial charge on any atom is 0.411 e. The van der Waals surface area contributed by atoms with Crippen LogP contribution in [0, 0.1) is 5.92 Å². The number of hydrogen-bond acceptors (Lipinski definition) is 7. The largest absolute Gasteiger partial charge is 0.493 e. The summed E-state index contributed by atoms with van der Waals surface area (Å²) < 4.78 is 17.7. The molecule has 0 bridgehead atoms. The van der Waals surface area contributed by atoms with Gasteiger partial charge in [-0.2, -0.15) is 5.10 Å². The molecular weight excluding hydrogens is 436 g/mol. The first-order chi connectivity index (χ1) is 16.1. The summed E-state index contributed by atoms with van der Waals surface area (Å²) in [4.78, 5) is 21.5. The van der Waals surface area contributed by atoms with E-state index in [2.05, 4.69) is 20.5 Å². The van der Waals surface area contributed by atoms with Gasteiger partial charge in [-0.1, -0.05) is 0 Å². The predicted molar refractivity (Wildman–Crippen MR) is 132 cm³/mol. The Hall–Kier alpha value is -3.07. The highest BCUT2D eigenvalue weighted by Gasteiger charge is 2.17. The van der Waals surface area contributed by atoms with E-state index in [1.165, 1.54) is 0 Å². The third kappa shape index (κ3) is 9.43. The van der Waals surface area contributed by atoms with Crippen molar-refractivity contribution in [2.45, 2.75) is 59.2 Å². The Labute approximate surface area is 202 Å². The van der Waals surface area contributed by atoms with Gasteiger partial charge in [-0.3, -0.25) is 14.8 Å². The maximum atomic E-state index is 11.9. The van der Waals surface area contributed by atoms with E-state index in [-0.39, 0.29) is 11.7 Å². The molecule has 1 aromatic heterocycles. The molecule has 188 valence electrons. The molecule has 0 saturated carbocycles. The Kier molecular flexibility index (Phi) is 10.4. The minimum atomic E-state index is -0.468. The van der Waals surface area contributed by atoms with Crippen LogP contribution in [0.25, 0.3) is 11.3 Å². The Morgan fingerprint density at radius 3 is 2.50 bits per heavy atom. The van der Waals surface area contributed by atoms with E-state index in [0.717, 1.165) is 42.9 Å². The molecule has 9 heteroatoms. The van der Waals surface area contributed by atoms with Crippen LogP contribution < -0.4 is 15.4 Å². The zero-order valence-electron chi connectivity index (χ0n) is 21.1. The number of rotatable bonds is 7. The molecular formula is C25H38N4O5. The van der Waals surface area contributed by atoms with Gasteiger partial charge in [0, 0.05) is 24.5 Å². The van der Waals surface area contributed by atoms with Crippen molar-refractivity contribution in [3.05, 3.63) is 30.5 Å². The molecule has 0 atom stereocenters. The summed E-state index contributed by atoms with van der Waals surface area (Å²) in [5, 5.41) is 10.4. The van der Waals surface area contributed by atoms with Gasteiger partial charge in [0.05, 0.1) is 18.4 Å². The molecule has 0 aliphatic carbocycles. The minimum absolute atomic E-state index is 0.172. The fraction of sp³-hybridized carbons (Fsp3) is 0.560. The minimum Gasteiger partial charge on any atom is -0.493 e. The zero-order chi connectivity index (χ0) is 25.1. The van der Waals surface area contributed by atoms with Gasteiger partial charge in [0.1, 0.15) is 11.4 Å². The molecule has 34 heavy (non-hydrogen) atoms. The van der Waals surface area contributed by atoms with E-state index in [1.54, 1.807) is 10.9 Å². The Bertz CT molecular complexity index is 914. The van der Waals surface area contributed by atoms with Gasteiger partial charge < -0.3 is 19.5 Å². The Balaban J connectivity index is 0.000000509. The number of carbonyl (C=O) groups is 2. The zero-order valence-corrected chi connectivity index (χ0v) is 21.1. The van der Waals surface area contributed by atoms with Gasteiger partial charge in [-0.15, -0.1) is 0 Å². The number of nitrogens with zero attached hydrogens (tertiary/aromatic N) is 2. The van der Waals surface area contributed by atoms with Crippen molar-refractivity contribution in [1.82, 2.24) is 15.1 Å². The first-order valence-corrected chi connectivity index (χ1v) is 11.6. The van der Waals surface area contributed by atoms with Crippen LogP contribution in [0.3, 0.4) is 0 Å². The van der Waals surface area contributed by atoms with E-state index in [4.69, 9.17) is 9.47 Å². The highest BCUT2D eigenvalue weighted by atomic mass is 16.6. The van der Waals surface area contributed by atoms with Crippen LogP contribution >= 0.6 is 0 Å². The lowest BCUT2D eigenvalue weighted by molar-refractivity contribution is -0.138. The lowest BCUT2D eigenvalue weighted by atomic mass is 9.99. The second kappa shape index (κ2) is 13.0. The summed E-state index contributed by atoms with van der Waals surface area (Å²) in [5.41, 5.74) is 2.16. The maximum absolute atomic E-state index is 11.9. The van der Waals surface area contributed by atoms with Gasteiger partial charge in [-0.25, -0.2) is 4.79 Å². The van der Waals surface area contributed by atoms with Crippen LogP contribution in [0.5, 0.6) is 5.75 Å². The smallest absolute Gasteiger partial charge is 0.411 e. The van der Waals surface area contributed by atoms with Crippen LogP contribution in [0.2, 0.25) is 0 Å². The topological polar surface area (TPSA) is 104 Å². The molecule has 1 aliphatic heterocycles. The summed E-state index contributed by atoms with van der Waals surface area (Å²) in [6.07, 6.45) is 3.36.